The predicted molar refractivity (Wildman–Crippen MR) is 135 cm³/mol. The minimum absolute atomic E-state index is 0.00262. The first kappa shape index (κ1) is 23.7. The van der Waals surface area contributed by atoms with Crippen molar-refractivity contribution in [2.45, 2.75) is 117 Å². The van der Waals surface area contributed by atoms with Gasteiger partial charge in [0.25, 0.3) is 0 Å². The number of hydrogen-bond acceptors (Lipinski definition) is 5. The second-order valence-electron chi connectivity index (χ2n) is 15.5. The smallest absolute Gasteiger partial charge is 0.338 e. The largest absolute Gasteiger partial charge is 0.460 e. The van der Waals surface area contributed by atoms with Crippen LogP contribution in [0.3, 0.4) is 0 Å². The minimum atomic E-state index is -1.36. The first-order chi connectivity index (χ1) is 16.7. The number of aliphatic hydroxyl groups is 1. The second kappa shape index (κ2) is 6.43. The Hall–Kier alpha value is -1.36. The third-order valence-electron chi connectivity index (χ3n) is 14.2. The van der Waals surface area contributed by atoms with E-state index in [0.717, 1.165) is 19.3 Å². The van der Waals surface area contributed by atoms with Crippen molar-refractivity contribution >= 4 is 11.9 Å². The van der Waals surface area contributed by atoms with Gasteiger partial charge in [0.1, 0.15) is 11.7 Å². The molecule has 6 fully saturated rings. The van der Waals surface area contributed by atoms with Gasteiger partial charge in [0.05, 0.1) is 0 Å². The number of esters is 2. The molecular formula is C31H44O5. The second-order valence-corrected chi connectivity index (χ2v) is 15.5. The lowest BCUT2D eigenvalue weighted by Gasteiger charge is -2.62. The molecule has 0 aromatic rings. The van der Waals surface area contributed by atoms with Crippen LogP contribution in [-0.4, -0.2) is 34.4 Å². The molecule has 0 radical (unpaired) electrons. The Morgan fingerprint density at radius 3 is 2.33 bits per heavy atom. The van der Waals surface area contributed by atoms with Crippen molar-refractivity contribution in [1.82, 2.24) is 0 Å². The highest BCUT2D eigenvalue weighted by molar-refractivity contribution is 5.83. The Morgan fingerprint density at radius 1 is 0.889 bits per heavy atom. The van der Waals surface area contributed by atoms with E-state index in [9.17, 15) is 14.7 Å². The van der Waals surface area contributed by atoms with Crippen LogP contribution in [0, 0.1) is 50.7 Å². The fourth-order valence-corrected chi connectivity index (χ4v) is 12.3. The summed E-state index contributed by atoms with van der Waals surface area (Å²) in [7, 11) is 0. The molecule has 0 aromatic heterocycles. The molecule has 5 heteroatoms. The van der Waals surface area contributed by atoms with Crippen molar-refractivity contribution in [3.63, 3.8) is 0 Å². The average molecular weight is 497 g/mol. The van der Waals surface area contributed by atoms with Gasteiger partial charge in [-0.05, 0) is 107 Å². The molecule has 1 saturated heterocycles. The van der Waals surface area contributed by atoms with E-state index >= 15 is 0 Å². The highest BCUT2D eigenvalue weighted by atomic mass is 16.6. The van der Waals surface area contributed by atoms with Gasteiger partial charge in [0.2, 0.25) is 0 Å². The topological polar surface area (TPSA) is 72.8 Å². The van der Waals surface area contributed by atoms with Crippen molar-refractivity contribution in [2.75, 3.05) is 0 Å². The quantitative estimate of drug-likeness (QED) is 0.479. The summed E-state index contributed by atoms with van der Waals surface area (Å²) < 4.78 is 11.9. The zero-order valence-electron chi connectivity index (χ0n) is 23.0. The summed E-state index contributed by atoms with van der Waals surface area (Å²) in [6, 6.07) is 0. The molecule has 1 N–H and O–H groups in total. The summed E-state index contributed by atoms with van der Waals surface area (Å²) in [6.45, 7) is 13.4. The Morgan fingerprint density at radius 2 is 1.58 bits per heavy atom. The minimum Gasteiger partial charge on any atom is -0.460 e. The monoisotopic (exact) mass is 496 g/mol. The van der Waals surface area contributed by atoms with E-state index in [1.54, 1.807) is 13.0 Å². The molecule has 0 aromatic carbocycles. The molecule has 7 aliphatic rings. The van der Waals surface area contributed by atoms with Crippen molar-refractivity contribution in [2.24, 2.45) is 50.7 Å². The molecule has 2 heterocycles. The third kappa shape index (κ3) is 2.40. The van der Waals surface area contributed by atoms with Crippen LogP contribution in [0.1, 0.15) is 99.3 Å². The number of rotatable bonds is 1. The lowest BCUT2D eigenvalue weighted by Crippen LogP contribution is -2.57. The van der Waals surface area contributed by atoms with Crippen LogP contribution in [0.15, 0.2) is 12.2 Å². The van der Waals surface area contributed by atoms with E-state index in [0.29, 0.717) is 17.8 Å². The van der Waals surface area contributed by atoms with E-state index in [2.05, 4.69) is 40.7 Å². The zero-order chi connectivity index (χ0) is 25.7. The molecule has 2 aliphatic heterocycles. The average Bonchev–Trinajstić information content (AvgIpc) is 3.27. The molecule has 11 atom stereocenters. The van der Waals surface area contributed by atoms with Gasteiger partial charge in [0, 0.05) is 28.7 Å². The summed E-state index contributed by atoms with van der Waals surface area (Å²) in [5, 5.41) is 10.9. The summed E-state index contributed by atoms with van der Waals surface area (Å²) >= 11 is 0. The van der Waals surface area contributed by atoms with Crippen LogP contribution in [0.2, 0.25) is 0 Å². The SMILES string of the molecule is CC1(C)OC(=O)C=C[C@]23C[C@]24CC[C@]2(C)[C@@H]([C@@]5(C)C[C@@H]6C[C@H]5OC(=O)[C@]6(C)O)CC[C@@]2(C)[C@@H]4CC[C@@H]13. The van der Waals surface area contributed by atoms with Gasteiger partial charge in [-0.3, -0.25) is 0 Å². The van der Waals surface area contributed by atoms with Gasteiger partial charge >= 0.3 is 11.9 Å². The van der Waals surface area contributed by atoms with E-state index in [1.165, 1.54) is 38.5 Å². The van der Waals surface area contributed by atoms with Gasteiger partial charge in [-0.1, -0.05) is 26.8 Å². The maximum absolute atomic E-state index is 12.7. The summed E-state index contributed by atoms with van der Waals surface area (Å²) in [5.41, 5.74) is -1.08. The Bertz CT molecular complexity index is 1090. The number of ether oxygens (including phenoxy) is 2. The standard InChI is InChI=1S/C31H44O5/c1-25(2)19-7-8-21-27(4)11-9-20(26(3)16-18-15-22(26)35-24(33)29(18,6)34)28(27,5)13-14-31(21)17-30(19,31)12-10-23(32)36-25/h10,12,18-22,34H,7-9,11,13-17H2,1-6H3/t18-,19-,20+,21-,22+,26+,27-,28+,29+,30+,31-/m0/s1. The third-order valence-corrected chi connectivity index (χ3v) is 14.2. The van der Waals surface area contributed by atoms with Crippen molar-refractivity contribution in [3.8, 4) is 0 Å². The van der Waals surface area contributed by atoms with E-state index in [1.807, 2.05) is 0 Å². The fraction of sp³-hybridized carbons (Fsp3) is 0.871. The Balaban J connectivity index is 1.25. The van der Waals surface area contributed by atoms with Gasteiger partial charge in [0.15, 0.2) is 5.60 Å². The van der Waals surface area contributed by atoms with E-state index in [4.69, 9.17) is 9.47 Å². The maximum Gasteiger partial charge on any atom is 0.338 e. The lowest BCUT2D eigenvalue weighted by molar-refractivity contribution is -0.190. The Labute approximate surface area is 215 Å². The summed E-state index contributed by atoms with van der Waals surface area (Å²) in [4.78, 5) is 25.1. The van der Waals surface area contributed by atoms with Crippen LogP contribution in [0.5, 0.6) is 0 Å². The first-order valence-corrected chi connectivity index (χ1v) is 14.5. The normalized spacial score (nSPS) is 60.1. The van der Waals surface area contributed by atoms with Crippen LogP contribution in [0.4, 0.5) is 0 Å². The van der Waals surface area contributed by atoms with Gasteiger partial charge < -0.3 is 14.6 Å². The van der Waals surface area contributed by atoms with E-state index < -0.39 is 17.2 Å². The van der Waals surface area contributed by atoms with Crippen LogP contribution in [-0.2, 0) is 19.1 Å². The molecule has 198 valence electrons. The fourth-order valence-electron chi connectivity index (χ4n) is 12.3. The molecular weight excluding hydrogens is 452 g/mol. The molecule has 5 aliphatic carbocycles. The molecule has 5 saturated carbocycles. The number of carbonyl (C=O) groups is 2. The molecule has 0 unspecified atom stereocenters. The van der Waals surface area contributed by atoms with Crippen LogP contribution < -0.4 is 0 Å². The zero-order valence-corrected chi connectivity index (χ0v) is 23.0. The number of carbonyl (C=O) groups excluding carboxylic acids is 2. The number of hydrogen-bond donors (Lipinski definition) is 1. The van der Waals surface area contributed by atoms with Crippen molar-refractivity contribution in [1.29, 1.82) is 0 Å². The number of allylic oxidation sites excluding steroid dienone is 1. The maximum atomic E-state index is 12.7. The van der Waals surface area contributed by atoms with Gasteiger partial charge in [-0.15, -0.1) is 0 Å². The highest BCUT2D eigenvalue weighted by Crippen LogP contribution is 2.88. The van der Waals surface area contributed by atoms with Crippen molar-refractivity contribution in [3.05, 3.63) is 12.2 Å². The highest BCUT2D eigenvalue weighted by Gasteiger charge is 2.82. The molecule has 0 amide bonds. The van der Waals surface area contributed by atoms with Crippen LogP contribution in [0.25, 0.3) is 0 Å². The van der Waals surface area contributed by atoms with Gasteiger partial charge in [-0.25, -0.2) is 9.59 Å². The summed E-state index contributed by atoms with van der Waals surface area (Å²) in [5.74, 6) is 0.926. The predicted octanol–water partition coefficient (Wildman–Crippen LogP) is 5.59. The number of cyclic esters (lactones) is 1. The molecule has 7 rings (SSSR count). The van der Waals surface area contributed by atoms with Crippen molar-refractivity contribution < 1.29 is 24.2 Å². The number of fused-ring (bicyclic) bond motifs is 4. The molecule has 5 nitrogen and oxygen atoms in total. The molecule has 36 heavy (non-hydrogen) atoms. The van der Waals surface area contributed by atoms with Gasteiger partial charge in [-0.2, -0.15) is 0 Å². The lowest BCUT2D eigenvalue weighted by atomic mass is 9.42. The summed E-state index contributed by atoms with van der Waals surface area (Å²) in [6.07, 6.45) is 14.0. The van der Waals surface area contributed by atoms with Crippen LogP contribution >= 0.6 is 0 Å². The van der Waals surface area contributed by atoms with E-state index in [-0.39, 0.29) is 45.1 Å². The molecule has 2 spiro atoms. The Kier molecular flexibility index (Phi) is 4.24. The first-order valence-electron chi connectivity index (χ1n) is 14.5. The molecule has 2 bridgehead atoms.